The summed E-state index contributed by atoms with van der Waals surface area (Å²) >= 11 is 0. The van der Waals surface area contributed by atoms with Crippen LogP contribution in [0.4, 0.5) is 4.79 Å². The number of hydrogen-bond donors (Lipinski definition) is 2. The normalized spacial score (nSPS) is 33.7. The number of aliphatic hydroxyl groups is 1. The van der Waals surface area contributed by atoms with Gasteiger partial charge in [-0.05, 0) is 25.7 Å². The van der Waals surface area contributed by atoms with E-state index in [9.17, 15) is 9.90 Å². The number of rotatable bonds is 2. The first kappa shape index (κ1) is 15.9. The molecule has 2 aliphatic heterocycles. The third-order valence-electron chi connectivity index (χ3n) is 6.17. The fourth-order valence-electron chi connectivity index (χ4n) is 5.05. The molecule has 1 saturated carbocycles. The van der Waals surface area contributed by atoms with Crippen molar-refractivity contribution in [3.05, 3.63) is 18.2 Å². The van der Waals surface area contributed by atoms with Gasteiger partial charge in [-0.3, -0.25) is 0 Å². The van der Waals surface area contributed by atoms with E-state index in [1.807, 2.05) is 22.7 Å². The maximum absolute atomic E-state index is 12.8. The molecule has 3 heterocycles. The maximum Gasteiger partial charge on any atom is 0.318 e. The Labute approximate surface area is 143 Å². The number of fused-ring (bicyclic) bond motifs is 2. The number of aromatic nitrogens is 2. The molecular formula is C18H28N4O2. The lowest BCUT2D eigenvalue weighted by atomic mass is 9.85. The number of nitrogens with zero attached hydrogens (tertiary/aromatic N) is 3. The Bertz CT molecular complexity index is 594. The molecule has 2 atom stereocenters. The second-order valence-corrected chi connectivity index (χ2v) is 7.88. The Morgan fingerprint density at radius 1 is 1.21 bits per heavy atom. The number of nitrogens with one attached hydrogen (secondary N) is 1. The molecule has 2 bridgehead atoms. The Kier molecular flexibility index (Phi) is 4.03. The van der Waals surface area contributed by atoms with E-state index in [0.29, 0.717) is 18.9 Å². The second kappa shape index (κ2) is 6.06. The maximum atomic E-state index is 12.8. The lowest BCUT2D eigenvalue weighted by Gasteiger charge is -2.43. The second-order valence-electron chi connectivity index (χ2n) is 7.88. The average molecular weight is 332 g/mol. The van der Waals surface area contributed by atoms with Crippen molar-refractivity contribution in [2.45, 2.75) is 81.5 Å². The van der Waals surface area contributed by atoms with Crippen molar-refractivity contribution in [3.8, 4) is 0 Å². The fourth-order valence-corrected chi connectivity index (χ4v) is 5.05. The van der Waals surface area contributed by atoms with Crippen molar-refractivity contribution in [1.29, 1.82) is 0 Å². The van der Waals surface area contributed by atoms with Crippen molar-refractivity contribution in [3.63, 3.8) is 0 Å². The zero-order valence-electron chi connectivity index (χ0n) is 14.4. The van der Waals surface area contributed by atoms with Gasteiger partial charge in [0, 0.05) is 50.4 Å². The van der Waals surface area contributed by atoms with Gasteiger partial charge in [0.25, 0.3) is 0 Å². The molecule has 24 heavy (non-hydrogen) atoms. The van der Waals surface area contributed by atoms with Gasteiger partial charge < -0.3 is 19.9 Å². The highest BCUT2D eigenvalue weighted by atomic mass is 16.3. The minimum Gasteiger partial charge on any atom is -0.382 e. The number of aryl methyl sites for hydroxylation is 1. The summed E-state index contributed by atoms with van der Waals surface area (Å²) < 4.78 is 1.90. The molecule has 0 spiro atoms. The molecule has 0 aromatic carbocycles. The van der Waals surface area contributed by atoms with E-state index < -0.39 is 5.60 Å². The molecule has 4 rings (SSSR count). The molecule has 2 unspecified atom stereocenters. The van der Waals surface area contributed by atoms with Crippen LogP contribution in [-0.2, 0) is 12.6 Å². The monoisotopic (exact) mass is 332 g/mol. The highest BCUT2D eigenvalue weighted by Crippen LogP contribution is 2.45. The Balaban J connectivity index is 1.47. The quantitative estimate of drug-likeness (QED) is 0.873. The van der Waals surface area contributed by atoms with Crippen molar-refractivity contribution in [2.24, 2.45) is 7.05 Å². The van der Waals surface area contributed by atoms with Crippen molar-refractivity contribution < 1.29 is 9.90 Å². The van der Waals surface area contributed by atoms with Crippen LogP contribution in [0.25, 0.3) is 0 Å². The van der Waals surface area contributed by atoms with Gasteiger partial charge in [0.15, 0.2) is 0 Å². The molecule has 2 saturated heterocycles. The van der Waals surface area contributed by atoms with Crippen LogP contribution in [0.3, 0.4) is 0 Å². The Hall–Kier alpha value is -1.56. The SMILES string of the molecule is Cn1ccnc1C1(O)CC2CCC(C1)N2C(=O)NC1CCCCC1. The van der Waals surface area contributed by atoms with E-state index in [1.165, 1.54) is 19.3 Å². The highest BCUT2D eigenvalue weighted by Gasteiger charge is 2.51. The minimum absolute atomic E-state index is 0.0799. The summed E-state index contributed by atoms with van der Waals surface area (Å²) in [4.78, 5) is 19.2. The minimum atomic E-state index is -0.911. The third kappa shape index (κ3) is 2.70. The number of carbonyl (C=O) groups is 1. The summed E-state index contributed by atoms with van der Waals surface area (Å²) in [5.74, 6) is 0.728. The van der Waals surface area contributed by atoms with Gasteiger partial charge in [-0.2, -0.15) is 0 Å². The summed E-state index contributed by atoms with van der Waals surface area (Å²) in [5.41, 5.74) is -0.911. The summed E-state index contributed by atoms with van der Waals surface area (Å²) in [6.07, 6.45) is 12.7. The van der Waals surface area contributed by atoms with Gasteiger partial charge in [-0.1, -0.05) is 19.3 Å². The molecule has 6 nitrogen and oxygen atoms in total. The summed E-state index contributed by atoms with van der Waals surface area (Å²) in [7, 11) is 1.92. The smallest absolute Gasteiger partial charge is 0.318 e. The standard InChI is InChI=1S/C18H28N4O2/c1-21-10-9-19-16(21)18(24)11-14-7-8-15(12-18)22(14)17(23)20-13-5-3-2-4-6-13/h9-10,13-15,24H,2-8,11-12H2,1H3,(H,20,23). The largest absolute Gasteiger partial charge is 0.382 e. The molecule has 2 N–H and O–H groups in total. The van der Waals surface area contributed by atoms with Crippen LogP contribution in [0, 0.1) is 0 Å². The van der Waals surface area contributed by atoms with Crippen molar-refractivity contribution >= 4 is 6.03 Å². The van der Waals surface area contributed by atoms with Crippen LogP contribution in [0.1, 0.15) is 63.6 Å². The van der Waals surface area contributed by atoms with Crippen molar-refractivity contribution in [1.82, 2.24) is 19.8 Å². The molecule has 1 aromatic heterocycles. The Morgan fingerprint density at radius 3 is 2.46 bits per heavy atom. The first-order valence-corrected chi connectivity index (χ1v) is 9.36. The number of piperidine rings is 1. The van der Waals surface area contributed by atoms with E-state index >= 15 is 0 Å². The molecule has 6 heteroatoms. The van der Waals surface area contributed by atoms with Crippen LogP contribution < -0.4 is 5.32 Å². The van der Waals surface area contributed by atoms with Gasteiger partial charge >= 0.3 is 6.03 Å². The topological polar surface area (TPSA) is 70.4 Å². The van der Waals surface area contributed by atoms with Gasteiger partial charge in [0.05, 0.1) is 0 Å². The van der Waals surface area contributed by atoms with E-state index in [-0.39, 0.29) is 18.1 Å². The van der Waals surface area contributed by atoms with Gasteiger partial charge in [0.1, 0.15) is 11.4 Å². The molecule has 1 aromatic rings. The summed E-state index contributed by atoms with van der Waals surface area (Å²) in [5, 5.41) is 14.4. The lowest BCUT2D eigenvalue weighted by molar-refractivity contribution is -0.0521. The zero-order valence-corrected chi connectivity index (χ0v) is 14.4. The summed E-state index contributed by atoms with van der Waals surface area (Å²) in [6.45, 7) is 0. The van der Waals surface area contributed by atoms with Gasteiger partial charge in [-0.25, -0.2) is 9.78 Å². The first-order valence-electron chi connectivity index (χ1n) is 9.36. The van der Waals surface area contributed by atoms with E-state index in [1.54, 1.807) is 6.20 Å². The number of hydrogen-bond acceptors (Lipinski definition) is 3. The fraction of sp³-hybridized carbons (Fsp3) is 0.778. The highest BCUT2D eigenvalue weighted by molar-refractivity contribution is 5.76. The first-order chi connectivity index (χ1) is 11.6. The van der Waals surface area contributed by atoms with Gasteiger partial charge in [-0.15, -0.1) is 0 Å². The molecule has 2 amide bonds. The van der Waals surface area contributed by atoms with E-state index in [2.05, 4.69) is 10.3 Å². The van der Waals surface area contributed by atoms with E-state index in [4.69, 9.17) is 0 Å². The summed E-state index contributed by atoms with van der Waals surface area (Å²) in [6, 6.07) is 0.653. The molecule has 3 aliphatic rings. The number of amides is 2. The zero-order chi connectivity index (χ0) is 16.7. The molecule has 0 radical (unpaired) electrons. The molecule has 1 aliphatic carbocycles. The third-order valence-corrected chi connectivity index (χ3v) is 6.17. The van der Waals surface area contributed by atoms with Crippen LogP contribution in [0.5, 0.6) is 0 Å². The predicted molar refractivity (Wildman–Crippen MR) is 90.4 cm³/mol. The number of imidazole rings is 1. The van der Waals surface area contributed by atoms with Crippen LogP contribution in [-0.4, -0.2) is 43.7 Å². The number of urea groups is 1. The van der Waals surface area contributed by atoms with Crippen molar-refractivity contribution in [2.75, 3.05) is 0 Å². The molecule has 132 valence electrons. The number of carbonyl (C=O) groups excluding carboxylic acids is 1. The predicted octanol–water partition coefficient (Wildman–Crippen LogP) is 2.28. The van der Waals surface area contributed by atoms with Crippen LogP contribution in [0.15, 0.2) is 12.4 Å². The molecular weight excluding hydrogens is 304 g/mol. The van der Waals surface area contributed by atoms with Crippen LogP contribution >= 0.6 is 0 Å². The average Bonchev–Trinajstić information content (AvgIpc) is 3.11. The Morgan fingerprint density at radius 2 is 1.88 bits per heavy atom. The van der Waals surface area contributed by atoms with Crippen LogP contribution in [0.2, 0.25) is 0 Å². The van der Waals surface area contributed by atoms with E-state index in [0.717, 1.165) is 31.5 Å². The molecule has 3 fully saturated rings. The lowest BCUT2D eigenvalue weighted by Crippen LogP contribution is -2.56. The van der Waals surface area contributed by atoms with Gasteiger partial charge in [0.2, 0.25) is 0 Å².